The molecule has 5 rings (SSSR count). The van der Waals surface area contributed by atoms with Gasteiger partial charge in [0.25, 0.3) is 11.6 Å². The highest BCUT2D eigenvalue weighted by atomic mass is 32.2. The summed E-state index contributed by atoms with van der Waals surface area (Å²) in [4.78, 5) is 62.5. The van der Waals surface area contributed by atoms with Crippen LogP contribution in [0.25, 0.3) is 11.0 Å². The van der Waals surface area contributed by atoms with Crippen molar-refractivity contribution in [3.8, 4) is 5.75 Å². The number of fused-ring (bicyclic) bond motifs is 1. The van der Waals surface area contributed by atoms with E-state index in [1.165, 1.54) is 43.4 Å². The molecule has 0 spiro atoms. The van der Waals surface area contributed by atoms with E-state index >= 15 is 0 Å². The number of allylic oxidation sites excluding steroid dienone is 1. The maximum absolute atomic E-state index is 13.6. The fourth-order valence-electron chi connectivity index (χ4n) is 5.93. The Morgan fingerprint density at radius 1 is 1.07 bits per heavy atom. The number of nitrogens with zero attached hydrogens (tertiary/aromatic N) is 5. The summed E-state index contributed by atoms with van der Waals surface area (Å²) < 4.78 is 23.3. The second-order valence-electron chi connectivity index (χ2n) is 12.0. The van der Waals surface area contributed by atoms with Crippen molar-refractivity contribution in [2.24, 2.45) is 0 Å². The number of carbonyl (C=O) groups is 3. The molecule has 0 radical (unpaired) electrons. The third kappa shape index (κ3) is 9.54. The number of methoxy groups -OCH3 is 2. The number of morpholine rings is 1. The number of benzene rings is 2. The molecular formula is C36H43N7O9S2. The zero-order chi connectivity index (χ0) is 38.8. The molecule has 0 atom stereocenters. The normalized spacial score (nSPS) is 13.3. The fourth-order valence-corrected chi connectivity index (χ4v) is 7.46. The second kappa shape index (κ2) is 18.8. The molecule has 16 nitrogen and oxygen atoms in total. The molecule has 0 saturated carbocycles. The lowest BCUT2D eigenvalue weighted by Gasteiger charge is -2.26. The summed E-state index contributed by atoms with van der Waals surface area (Å²) in [5.41, 5.74) is 1.96. The molecule has 0 aliphatic carbocycles. The van der Waals surface area contributed by atoms with Gasteiger partial charge in [-0.25, -0.2) is 19.6 Å². The number of aryl methyl sites for hydroxylation is 2. The van der Waals surface area contributed by atoms with Gasteiger partial charge in [0.15, 0.2) is 0 Å². The number of ether oxygens (including phenoxy) is 4. The van der Waals surface area contributed by atoms with Crippen LogP contribution in [0.15, 0.2) is 41.3 Å². The topological polar surface area (TPSA) is 189 Å². The Morgan fingerprint density at radius 3 is 2.46 bits per heavy atom. The van der Waals surface area contributed by atoms with Crippen LogP contribution in [0.5, 0.6) is 5.75 Å². The van der Waals surface area contributed by atoms with Crippen molar-refractivity contribution in [2.45, 2.75) is 38.1 Å². The quantitative estimate of drug-likeness (QED) is 0.0337. The first-order chi connectivity index (χ1) is 26.1. The standard InChI is InChI=1S/C36H43N7O9S2/c1-6-25-32(54-22(2)38-25)33(44)40-36-39-26-18-23(34(45)49-3)20-28(52-15-9-11-41-13-16-51-17-14-41)31(26)42(36)12-8-7-10-37-30-27(43(47)48)19-24(35(46)50-4)21-29(30)53-5/h7-8,18-21,37H,6,9-17H2,1-5H3,(H,39,40,44)/b8-7+. The molecule has 288 valence electrons. The molecule has 3 heterocycles. The molecule has 1 saturated heterocycles. The lowest BCUT2D eigenvalue weighted by atomic mass is 10.1. The summed E-state index contributed by atoms with van der Waals surface area (Å²) in [6, 6.07) is 5.93. The van der Waals surface area contributed by atoms with Crippen LogP contribution >= 0.6 is 23.1 Å². The Morgan fingerprint density at radius 2 is 1.80 bits per heavy atom. The molecule has 2 N–H and O–H groups in total. The van der Waals surface area contributed by atoms with Crippen LogP contribution in [0.3, 0.4) is 0 Å². The smallest absolute Gasteiger partial charge is 0.338 e. The van der Waals surface area contributed by atoms with Gasteiger partial charge >= 0.3 is 11.9 Å². The van der Waals surface area contributed by atoms with Gasteiger partial charge in [-0.2, -0.15) is 0 Å². The average Bonchev–Trinajstić information content (AvgIpc) is 3.74. The highest BCUT2D eigenvalue weighted by molar-refractivity contribution is 7.98. The number of carbonyl (C=O) groups excluding carboxylic acids is 3. The first kappa shape index (κ1) is 40.2. The van der Waals surface area contributed by atoms with Crippen molar-refractivity contribution in [3.63, 3.8) is 0 Å². The van der Waals surface area contributed by atoms with Crippen LogP contribution in [0.2, 0.25) is 0 Å². The fraction of sp³-hybridized carbons (Fsp3) is 0.417. The van der Waals surface area contributed by atoms with E-state index in [0.29, 0.717) is 58.5 Å². The Hall–Kier alpha value is -5.04. The highest BCUT2D eigenvalue weighted by Gasteiger charge is 2.24. The van der Waals surface area contributed by atoms with Crippen molar-refractivity contribution >= 4 is 69.3 Å². The number of anilines is 2. The number of hydrogen-bond acceptors (Lipinski definition) is 15. The number of amides is 1. The van der Waals surface area contributed by atoms with Gasteiger partial charge in [0.05, 0.1) is 66.3 Å². The molecule has 0 unspecified atom stereocenters. The van der Waals surface area contributed by atoms with E-state index in [2.05, 4.69) is 20.5 Å². The summed E-state index contributed by atoms with van der Waals surface area (Å²) >= 11 is 2.55. The number of nitrogens with one attached hydrogen (secondary N) is 2. The van der Waals surface area contributed by atoms with Gasteiger partial charge in [0.2, 0.25) is 5.95 Å². The molecule has 0 bridgehead atoms. The van der Waals surface area contributed by atoms with E-state index in [0.717, 1.165) is 31.1 Å². The van der Waals surface area contributed by atoms with E-state index in [4.69, 9.17) is 23.9 Å². The van der Waals surface area contributed by atoms with Crippen molar-refractivity contribution in [3.05, 3.63) is 73.2 Å². The zero-order valence-electron chi connectivity index (χ0n) is 30.8. The molecule has 1 aliphatic heterocycles. The van der Waals surface area contributed by atoms with Crippen LogP contribution in [0.4, 0.5) is 17.3 Å². The van der Waals surface area contributed by atoms with Crippen LogP contribution < -0.4 is 15.4 Å². The van der Waals surface area contributed by atoms with E-state index in [1.807, 2.05) is 19.9 Å². The predicted octanol–water partition coefficient (Wildman–Crippen LogP) is 5.59. The summed E-state index contributed by atoms with van der Waals surface area (Å²) in [6.07, 6.45) is 6.66. The summed E-state index contributed by atoms with van der Waals surface area (Å²) in [7, 11) is 2.51. The van der Waals surface area contributed by atoms with Gasteiger partial charge in [0.1, 0.15) is 21.8 Å². The summed E-state index contributed by atoms with van der Waals surface area (Å²) in [5.74, 6) is -0.992. The van der Waals surface area contributed by atoms with E-state index in [1.54, 1.807) is 35.1 Å². The molecule has 2 aromatic heterocycles. The number of thioether (sulfide) groups is 1. The predicted molar refractivity (Wildman–Crippen MR) is 206 cm³/mol. The average molecular weight is 782 g/mol. The second-order valence-corrected chi connectivity index (χ2v) is 14.1. The van der Waals surface area contributed by atoms with Gasteiger partial charge < -0.3 is 28.8 Å². The molecular weight excluding hydrogens is 739 g/mol. The number of nitro groups is 1. The van der Waals surface area contributed by atoms with Gasteiger partial charge in [-0.1, -0.05) is 19.1 Å². The summed E-state index contributed by atoms with van der Waals surface area (Å²) in [6.45, 7) is 8.43. The Balaban J connectivity index is 1.46. The number of aromatic nitrogens is 3. The molecule has 18 heteroatoms. The Bertz CT molecular complexity index is 2040. The van der Waals surface area contributed by atoms with Crippen LogP contribution in [0, 0.1) is 17.0 Å². The number of rotatable bonds is 17. The van der Waals surface area contributed by atoms with Crippen molar-refractivity contribution in [1.82, 2.24) is 19.4 Å². The number of nitro benzene ring substituents is 1. The molecule has 2 aromatic carbocycles. The van der Waals surface area contributed by atoms with E-state index in [-0.39, 0.29) is 47.4 Å². The number of imidazole rings is 1. The van der Waals surface area contributed by atoms with Gasteiger partial charge in [0, 0.05) is 43.7 Å². The third-order valence-corrected chi connectivity index (χ3v) is 10.3. The highest BCUT2D eigenvalue weighted by Crippen LogP contribution is 2.36. The number of esters is 2. The molecule has 4 aromatic rings. The zero-order valence-corrected chi connectivity index (χ0v) is 32.4. The Labute approximate surface area is 320 Å². The third-order valence-electron chi connectivity index (χ3n) is 8.55. The van der Waals surface area contributed by atoms with Crippen molar-refractivity contribution < 1.29 is 38.3 Å². The number of hydrogen-bond donors (Lipinski definition) is 2. The van der Waals surface area contributed by atoms with Crippen molar-refractivity contribution in [2.75, 3.05) is 77.1 Å². The van der Waals surface area contributed by atoms with E-state index in [9.17, 15) is 24.5 Å². The van der Waals surface area contributed by atoms with E-state index < -0.39 is 16.9 Å². The van der Waals surface area contributed by atoms with Crippen molar-refractivity contribution in [1.29, 1.82) is 0 Å². The Kier molecular flexibility index (Phi) is 14.0. The maximum atomic E-state index is 13.6. The minimum absolute atomic E-state index is 0.0743. The molecule has 54 heavy (non-hydrogen) atoms. The largest absolute Gasteiger partial charge is 0.491 e. The molecule has 1 aliphatic rings. The maximum Gasteiger partial charge on any atom is 0.338 e. The van der Waals surface area contributed by atoms with Gasteiger partial charge in [-0.15, -0.1) is 23.1 Å². The van der Waals surface area contributed by atoms with Gasteiger partial charge in [-0.05, 0) is 44.2 Å². The monoisotopic (exact) mass is 781 g/mol. The first-order valence-corrected chi connectivity index (χ1v) is 19.3. The first-order valence-electron chi connectivity index (χ1n) is 17.2. The van der Waals surface area contributed by atoms with Crippen LogP contribution in [0.1, 0.15) is 54.4 Å². The molecule has 1 fully saturated rings. The lowest BCUT2D eigenvalue weighted by Crippen LogP contribution is -2.37. The lowest BCUT2D eigenvalue weighted by molar-refractivity contribution is -0.384. The van der Waals surface area contributed by atoms with Crippen LogP contribution in [-0.4, -0.2) is 109 Å². The minimum atomic E-state index is -0.675. The minimum Gasteiger partial charge on any atom is -0.491 e. The van der Waals surface area contributed by atoms with Gasteiger partial charge in [-0.3, -0.25) is 25.1 Å². The van der Waals surface area contributed by atoms with Crippen LogP contribution in [-0.2, 0) is 27.2 Å². The number of thiazole rings is 1. The summed E-state index contributed by atoms with van der Waals surface area (Å²) in [5, 5.41) is 18.8. The SMILES string of the molecule is CCc1nc(C)sc1C(=O)Nc1nc2cc(C(=O)OC)cc(OCCCN3CCOCC3)c2n1C/C=C/CNc1c(SC)cc(C(=O)OC)cc1[N+](=O)[O-]. The molecule has 1 amide bonds.